The lowest BCUT2D eigenvalue weighted by Crippen LogP contribution is -2.09. The second-order valence-corrected chi connectivity index (χ2v) is 2.78. The number of nitro groups is 1. The molecular formula is C9H7N2O2. The molecule has 0 saturated carbocycles. The van der Waals surface area contributed by atoms with E-state index in [1.807, 2.05) is 12.1 Å². The van der Waals surface area contributed by atoms with Crippen molar-refractivity contribution in [2.75, 3.05) is 0 Å². The van der Waals surface area contributed by atoms with Gasteiger partial charge >= 0.3 is 0 Å². The van der Waals surface area contributed by atoms with Crippen LogP contribution in [0.25, 0.3) is 10.9 Å². The van der Waals surface area contributed by atoms with Crippen LogP contribution in [-0.2, 0) is 0 Å². The number of rotatable bonds is 1. The minimum atomic E-state index is -0.436. The summed E-state index contributed by atoms with van der Waals surface area (Å²) in [6, 6.07) is 10.1. The van der Waals surface area contributed by atoms with E-state index in [9.17, 15) is 10.1 Å². The highest BCUT2D eigenvalue weighted by Gasteiger charge is 2.12. The fraction of sp³-hybridized carbons (Fsp3) is 0.111. The number of aryl methyl sites for hydroxylation is 1. The minimum absolute atomic E-state index is 0.436. The maximum atomic E-state index is 10.6. The molecule has 0 aliphatic rings. The summed E-state index contributed by atoms with van der Waals surface area (Å²) in [5.74, 6) is 0. The Balaban J connectivity index is 2.86. The van der Waals surface area contributed by atoms with Crippen LogP contribution in [0.4, 0.5) is 0 Å². The zero-order valence-electron chi connectivity index (χ0n) is 7.02. The maximum Gasteiger partial charge on any atom is 0.169 e. The second kappa shape index (κ2) is 2.58. The fourth-order valence-corrected chi connectivity index (χ4v) is 1.40. The molecule has 0 amide bonds. The van der Waals surface area contributed by atoms with E-state index in [1.165, 1.54) is 0 Å². The fourth-order valence-electron chi connectivity index (χ4n) is 1.40. The van der Waals surface area contributed by atoms with Gasteiger partial charge in [0.05, 0.1) is 5.69 Å². The zero-order chi connectivity index (χ0) is 9.42. The van der Waals surface area contributed by atoms with E-state index in [2.05, 4.69) is 6.07 Å². The molecule has 2 rings (SSSR count). The lowest BCUT2D eigenvalue weighted by atomic mass is 10.2. The number of hydrogen-bond donors (Lipinski definition) is 0. The summed E-state index contributed by atoms with van der Waals surface area (Å²) in [5.41, 5.74) is 1.11. The molecule has 0 aliphatic carbocycles. The first-order chi connectivity index (χ1) is 6.20. The molecular weight excluding hydrogens is 168 g/mol. The summed E-state index contributed by atoms with van der Waals surface area (Å²) < 4.78 is 1.04. The van der Waals surface area contributed by atoms with Gasteiger partial charge in [-0.3, -0.25) is 0 Å². The predicted molar refractivity (Wildman–Crippen MR) is 47.9 cm³/mol. The van der Waals surface area contributed by atoms with Gasteiger partial charge < -0.3 is 0 Å². The molecule has 65 valence electrons. The van der Waals surface area contributed by atoms with Crippen molar-refractivity contribution >= 4 is 10.9 Å². The molecule has 4 heteroatoms. The molecule has 0 saturated heterocycles. The lowest BCUT2D eigenvalue weighted by molar-refractivity contribution is -0.538. The van der Waals surface area contributed by atoms with Gasteiger partial charge in [0.15, 0.2) is 5.03 Å². The van der Waals surface area contributed by atoms with Crippen molar-refractivity contribution in [3.63, 3.8) is 0 Å². The number of benzene rings is 1. The first-order valence-corrected chi connectivity index (χ1v) is 3.84. The highest BCUT2D eigenvalue weighted by Crippen LogP contribution is 2.17. The topological polar surface area (TPSA) is 48.1 Å². The summed E-state index contributed by atoms with van der Waals surface area (Å²) >= 11 is 0. The number of fused-ring (bicyclic) bond motifs is 1. The van der Waals surface area contributed by atoms with Crippen molar-refractivity contribution in [3.05, 3.63) is 46.1 Å². The smallest absolute Gasteiger partial charge is 0.169 e. The Morgan fingerprint density at radius 2 is 2.15 bits per heavy atom. The summed E-state index contributed by atoms with van der Waals surface area (Å²) in [7, 11) is 0. The summed E-state index contributed by atoms with van der Waals surface area (Å²) in [4.78, 5) is 10.6. The Bertz CT molecular complexity index is 473. The van der Waals surface area contributed by atoms with Gasteiger partial charge in [-0.1, -0.05) is 22.9 Å². The number of nitrogens with zero attached hydrogens (tertiary/aromatic N) is 2. The van der Waals surface area contributed by atoms with Crippen LogP contribution in [0.1, 0.15) is 5.69 Å². The van der Waals surface area contributed by atoms with Crippen molar-refractivity contribution in [2.45, 2.75) is 6.92 Å². The SMILES string of the molecule is Cc1[c]c2ccccc2n1[N+](=O)[O-]. The Kier molecular flexibility index (Phi) is 1.55. The summed E-state index contributed by atoms with van der Waals surface area (Å²) in [6.07, 6.45) is 0. The van der Waals surface area contributed by atoms with Crippen LogP contribution >= 0.6 is 0 Å². The van der Waals surface area contributed by atoms with E-state index < -0.39 is 5.03 Å². The van der Waals surface area contributed by atoms with Crippen LogP contribution < -0.4 is 0 Å². The third kappa shape index (κ3) is 1.07. The Hall–Kier alpha value is -1.84. The Labute approximate surface area is 74.5 Å². The maximum absolute atomic E-state index is 10.6. The molecule has 0 N–H and O–H groups in total. The van der Waals surface area contributed by atoms with Crippen molar-refractivity contribution in [1.29, 1.82) is 0 Å². The largest absolute Gasteiger partial charge is 0.234 e. The molecule has 4 nitrogen and oxygen atoms in total. The van der Waals surface area contributed by atoms with E-state index in [-0.39, 0.29) is 0 Å². The average Bonchev–Trinajstić information content (AvgIpc) is 2.39. The first kappa shape index (κ1) is 7.79. The molecule has 13 heavy (non-hydrogen) atoms. The van der Waals surface area contributed by atoms with Crippen molar-refractivity contribution < 1.29 is 5.03 Å². The van der Waals surface area contributed by atoms with Crippen LogP contribution in [-0.4, -0.2) is 9.71 Å². The molecule has 0 fully saturated rings. The van der Waals surface area contributed by atoms with Gasteiger partial charge in [-0.15, -0.1) is 0 Å². The van der Waals surface area contributed by atoms with Crippen molar-refractivity contribution in [2.24, 2.45) is 0 Å². The first-order valence-electron chi connectivity index (χ1n) is 3.84. The third-order valence-electron chi connectivity index (χ3n) is 1.93. The zero-order valence-corrected chi connectivity index (χ0v) is 7.02. The van der Waals surface area contributed by atoms with Gasteiger partial charge in [-0.25, -0.2) is 10.1 Å². The van der Waals surface area contributed by atoms with E-state index in [4.69, 9.17) is 0 Å². The molecule has 1 aromatic heterocycles. The van der Waals surface area contributed by atoms with E-state index in [0.29, 0.717) is 11.2 Å². The average molecular weight is 175 g/mol. The lowest BCUT2D eigenvalue weighted by Gasteiger charge is -1.94. The number of hydrogen-bond acceptors (Lipinski definition) is 2. The van der Waals surface area contributed by atoms with Gasteiger partial charge in [-0.05, 0) is 13.0 Å². The van der Waals surface area contributed by atoms with E-state index in [0.717, 1.165) is 10.1 Å². The van der Waals surface area contributed by atoms with Gasteiger partial charge in [0.2, 0.25) is 0 Å². The predicted octanol–water partition coefficient (Wildman–Crippen LogP) is 1.79. The van der Waals surface area contributed by atoms with Crippen LogP contribution in [0.3, 0.4) is 0 Å². The molecule has 0 atom stereocenters. The Morgan fingerprint density at radius 1 is 1.46 bits per heavy atom. The molecule has 1 aromatic carbocycles. The Morgan fingerprint density at radius 3 is 2.85 bits per heavy atom. The summed E-state index contributed by atoms with van der Waals surface area (Å²) in [6.45, 7) is 1.67. The number of para-hydroxylation sites is 1. The number of aromatic nitrogens is 1. The molecule has 0 aliphatic heterocycles. The van der Waals surface area contributed by atoms with Gasteiger partial charge in [0.1, 0.15) is 5.52 Å². The van der Waals surface area contributed by atoms with Gasteiger partial charge in [0.25, 0.3) is 0 Å². The minimum Gasteiger partial charge on any atom is -0.234 e. The standard InChI is InChI=1S/C9H7N2O2/c1-7-6-8-4-2-3-5-9(8)10(7)11(12)13/h2-5H,1H3. The van der Waals surface area contributed by atoms with Crippen LogP contribution in [0.2, 0.25) is 0 Å². The highest BCUT2D eigenvalue weighted by atomic mass is 16.7. The van der Waals surface area contributed by atoms with Crippen LogP contribution in [0, 0.1) is 23.1 Å². The highest BCUT2D eigenvalue weighted by molar-refractivity contribution is 5.79. The molecule has 0 spiro atoms. The van der Waals surface area contributed by atoms with E-state index >= 15 is 0 Å². The quantitative estimate of drug-likeness (QED) is 0.490. The molecule has 2 aromatic rings. The summed E-state index contributed by atoms with van der Waals surface area (Å²) in [5, 5.41) is 11.0. The van der Waals surface area contributed by atoms with Gasteiger partial charge in [0, 0.05) is 11.5 Å². The molecule has 0 bridgehead atoms. The van der Waals surface area contributed by atoms with Crippen LogP contribution in [0.15, 0.2) is 24.3 Å². The second-order valence-electron chi connectivity index (χ2n) is 2.78. The molecule has 1 heterocycles. The molecule has 1 radical (unpaired) electrons. The molecule has 0 unspecified atom stereocenters. The van der Waals surface area contributed by atoms with Crippen molar-refractivity contribution in [1.82, 2.24) is 4.68 Å². The van der Waals surface area contributed by atoms with Crippen molar-refractivity contribution in [3.8, 4) is 0 Å². The van der Waals surface area contributed by atoms with E-state index in [1.54, 1.807) is 19.1 Å². The normalized spacial score (nSPS) is 10.5. The van der Waals surface area contributed by atoms with Gasteiger partial charge in [-0.2, -0.15) is 0 Å². The third-order valence-corrected chi connectivity index (χ3v) is 1.93. The monoisotopic (exact) mass is 175 g/mol. The van der Waals surface area contributed by atoms with Crippen LogP contribution in [0.5, 0.6) is 0 Å².